The summed E-state index contributed by atoms with van der Waals surface area (Å²) in [5, 5.41) is 1.50. The van der Waals surface area contributed by atoms with E-state index in [1.807, 2.05) is 4.90 Å². The summed E-state index contributed by atoms with van der Waals surface area (Å²) in [7, 11) is 0. The summed E-state index contributed by atoms with van der Waals surface area (Å²) in [6.07, 6.45) is 1.42. The maximum absolute atomic E-state index is 15.0. The van der Waals surface area contributed by atoms with Gasteiger partial charge in [-0.3, -0.25) is 19.7 Å². The number of nitrogens with one attached hydrogen (secondary N) is 1. The maximum Gasteiger partial charge on any atom is 0.414 e. The van der Waals surface area contributed by atoms with Crippen molar-refractivity contribution in [3.63, 3.8) is 0 Å². The lowest BCUT2D eigenvalue weighted by Gasteiger charge is -2.24. The number of carbonyl (C=O) groups is 3. The van der Waals surface area contributed by atoms with E-state index in [1.54, 1.807) is 36.5 Å². The molecule has 0 saturated carbocycles. The summed E-state index contributed by atoms with van der Waals surface area (Å²) < 4.78 is 20.3. The lowest BCUT2D eigenvalue weighted by atomic mass is 10.1. The number of Topliss-reactive ketones (excluding diaryl/α,β-unsaturated/α-hetero) is 1. The SMILES string of the molecule is CC(=O)CC[C@H]1CN(c2ccc(N3CCNN(C(=O)c4ccccn4)CC3)c(F)c2)C(=O)O1. The van der Waals surface area contributed by atoms with E-state index < -0.39 is 11.9 Å². The third kappa shape index (κ3) is 5.28. The first-order valence-corrected chi connectivity index (χ1v) is 10.9. The monoisotopic (exact) mass is 455 g/mol. The Hall–Kier alpha value is -3.53. The molecule has 1 atom stereocenters. The number of cyclic esters (lactones) is 1. The van der Waals surface area contributed by atoms with Gasteiger partial charge in [-0.1, -0.05) is 6.07 Å². The van der Waals surface area contributed by atoms with E-state index in [0.29, 0.717) is 56.1 Å². The summed E-state index contributed by atoms with van der Waals surface area (Å²) in [4.78, 5) is 43.4. The van der Waals surface area contributed by atoms with E-state index in [9.17, 15) is 14.4 Å². The van der Waals surface area contributed by atoms with Gasteiger partial charge in [0, 0.05) is 32.3 Å². The Morgan fingerprint density at radius 1 is 1.21 bits per heavy atom. The fourth-order valence-electron chi connectivity index (χ4n) is 3.94. The van der Waals surface area contributed by atoms with Gasteiger partial charge >= 0.3 is 6.09 Å². The highest BCUT2D eigenvalue weighted by Gasteiger charge is 2.33. The molecule has 0 unspecified atom stereocenters. The van der Waals surface area contributed by atoms with Gasteiger partial charge in [-0.05, 0) is 43.7 Å². The van der Waals surface area contributed by atoms with Crippen molar-refractivity contribution < 1.29 is 23.5 Å². The molecule has 1 N–H and O–H groups in total. The second-order valence-corrected chi connectivity index (χ2v) is 8.06. The number of benzene rings is 1. The number of hydrogen-bond acceptors (Lipinski definition) is 7. The van der Waals surface area contributed by atoms with Crippen molar-refractivity contribution in [2.45, 2.75) is 25.9 Å². The molecule has 2 aromatic rings. The first-order chi connectivity index (χ1) is 15.9. The van der Waals surface area contributed by atoms with Crippen LogP contribution in [0.3, 0.4) is 0 Å². The van der Waals surface area contributed by atoms with Gasteiger partial charge in [0.2, 0.25) is 0 Å². The summed E-state index contributed by atoms with van der Waals surface area (Å²) in [6.45, 7) is 3.52. The average Bonchev–Trinajstić information content (AvgIpc) is 3.02. The molecule has 1 aromatic carbocycles. The Kier molecular flexibility index (Phi) is 6.83. The highest BCUT2D eigenvalue weighted by atomic mass is 19.1. The van der Waals surface area contributed by atoms with Crippen molar-refractivity contribution in [3.8, 4) is 0 Å². The van der Waals surface area contributed by atoms with Crippen molar-refractivity contribution in [2.75, 3.05) is 42.5 Å². The third-order valence-electron chi connectivity index (χ3n) is 5.68. The molecule has 33 heavy (non-hydrogen) atoms. The van der Waals surface area contributed by atoms with E-state index in [2.05, 4.69) is 10.4 Å². The molecule has 2 aliphatic rings. The predicted octanol–water partition coefficient (Wildman–Crippen LogP) is 2.38. The van der Waals surface area contributed by atoms with E-state index in [4.69, 9.17) is 4.74 Å². The summed E-state index contributed by atoms with van der Waals surface area (Å²) in [5.74, 6) is -0.663. The normalized spacial score (nSPS) is 18.8. The average molecular weight is 455 g/mol. The topological polar surface area (TPSA) is 95.1 Å². The molecule has 0 radical (unpaired) electrons. The lowest BCUT2D eigenvalue weighted by molar-refractivity contribution is -0.117. The van der Waals surface area contributed by atoms with Crippen LogP contribution in [0.1, 0.15) is 30.3 Å². The highest BCUT2D eigenvalue weighted by molar-refractivity contribution is 5.92. The molecule has 2 aliphatic heterocycles. The Morgan fingerprint density at radius 3 is 2.79 bits per heavy atom. The lowest BCUT2D eigenvalue weighted by Crippen LogP contribution is -2.43. The van der Waals surface area contributed by atoms with Crippen LogP contribution >= 0.6 is 0 Å². The van der Waals surface area contributed by atoms with Gasteiger partial charge in [0.1, 0.15) is 23.4 Å². The molecule has 2 amide bonds. The molecule has 0 bridgehead atoms. The van der Waals surface area contributed by atoms with Crippen LogP contribution in [0.25, 0.3) is 0 Å². The quantitative estimate of drug-likeness (QED) is 0.715. The Labute approximate surface area is 191 Å². The number of hydrogen-bond donors (Lipinski definition) is 1. The van der Waals surface area contributed by atoms with E-state index >= 15 is 4.39 Å². The molecule has 2 fully saturated rings. The van der Waals surface area contributed by atoms with Crippen LogP contribution in [0, 0.1) is 5.82 Å². The van der Waals surface area contributed by atoms with Crippen LogP contribution < -0.4 is 15.2 Å². The molecule has 3 heterocycles. The molecule has 4 rings (SSSR count). The summed E-state index contributed by atoms with van der Waals surface area (Å²) >= 11 is 0. The number of ketones is 1. The number of amides is 2. The maximum atomic E-state index is 15.0. The molecule has 1 aromatic heterocycles. The number of halogens is 1. The minimum atomic E-state index is -0.543. The molecule has 0 spiro atoms. The molecule has 10 heteroatoms. The van der Waals surface area contributed by atoms with Crippen molar-refractivity contribution >= 4 is 29.2 Å². The number of aromatic nitrogens is 1. The van der Waals surface area contributed by atoms with Crippen LogP contribution in [-0.2, 0) is 9.53 Å². The number of nitrogens with zero attached hydrogens (tertiary/aromatic N) is 4. The summed E-state index contributed by atoms with van der Waals surface area (Å²) in [5.41, 5.74) is 4.22. The fraction of sp³-hybridized carbons (Fsp3) is 0.391. The number of carbonyl (C=O) groups excluding carboxylic acids is 3. The zero-order valence-corrected chi connectivity index (χ0v) is 18.4. The van der Waals surface area contributed by atoms with E-state index in [-0.39, 0.29) is 24.3 Å². The standard InChI is InChI=1S/C23H26FN5O4/c1-16(30)5-7-18-15-28(23(32)33-18)17-6-8-21(19(24)14-17)27-11-10-26-29(13-12-27)22(31)20-4-2-3-9-25-20/h2-4,6,8-9,14,18,26H,5,7,10-13,15H2,1H3/t18-/m0/s1. The van der Waals surface area contributed by atoms with Crippen LogP contribution in [-0.4, -0.2) is 66.6 Å². The first-order valence-electron chi connectivity index (χ1n) is 10.9. The van der Waals surface area contributed by atoms with Gasteiger partial charge in [0.05, 0.1) is 24.5 Å². The number of anilines is 2. The van der Waals surface area contributed by atoms with Gasteiger partial charge in [0.25, 0.3) is 5.91 Å². The number of ether oxygens (including phenoxy) is 1. The van der Waals surface area contributed by atoms with Gasteiger partial charge in [0.15, 0.2) is 0 Å². The second kappa shape index (κ2) is 9.95. The minimum absolute atomic E-state index is 0.0344. The number of hydrazine groups is 1. The largest absolute Gasteiger partial charge is 0.444 e. The molecule has 2 saturated heterocycles. The Morgan fingerprint density at radius 2 is 2.06 bits per heavy atom. The zero-order valence-electron chi connectivity index (χ0n) is 18.4. The summed E-state index contributed by atoms with van der Waals surface area (Å²) in [6, 6.07) is 9.79. The second-order valence-electron chi connectivity index (χ2n) is 8.06. The van der Waals surface area contributed by atoms with E-state index in [1.165, 1.54) is 22.9 Å². The Bertz CT molecular complexity index is 1030. The van der Waals surface area contributed by atoms with Crippen molar-refractivity contribution in [2.24, 2.45) is 0 Å². The van der Waals surface area contributed by atoms with Crippen molar-refractivity contribution in [1.29, 1.82) is 0 Å². The first kappa shape index (κ1) is 22.7. The van der Waals surface area contributed by atoms with Crippen molar-refractivity contribution in [3.05, 3.63) is 54.1 Å². The van der Waals surface area contributed by atoms with Crippen LogP contribution in [0.4, 0.5) is 20.6 Å². The van der Waals surface area contributed by atoms with Crippen LogP contribution in [0.2, 0.25) is 0 Å². The number of pyridine rings is 1. The Balaban J connectivity index is 1.40. The van der Waals surface area contributed by atoms with Crippen LogP contribution in [0.5, 0.6) is 0 Å². The molecule has 9 nitrogen and oxygen atoms in total. The smallest absolute Gasteiger partial charge is 0.414 e. The van der Waals surface area contributed by atoms with Gasteiger partial charge in [-0.25, -0.2) is 14.6 Å². The minimum Gasteiger partial charge on any atom is -0.444 e. The molecular weight excluding hydrogens is 429 g/mol. The van der Waals surface area contributed by atoms with Crippen molar-refractivity contribution in [1.82, 2.24) is 15.4 Å². The van der Waals surface area contributed by atoms with E-state index in [0.717, 1.165) is 0 Å². The predicted molar refractivity (Wildman–Crippen MR) is 119 cm³/mol. The third-order valence-corrected chi connectivity index (χ3v) is 5.68. The van der Waals surface area contributed by atoms with Crippen LogP contribution in [0.15, 0.2) is 42.6 Å². The zero-order chi connectivity index (χ0) is 23.4. The fourth-order valence-corrected chi connectivity index (χ4v) is 3.94. The highest BCUT2D eigenvalue weighted by Crippen LogP contribution is 2.29. The van der Waals surface area contributed by atoms with Gasteiger partial charge in [-0.2, -0.15) is 0 Å². The molecule has 0 aliphatic carbocycles. The molecule has 174 valence electrons. The van der Waals surface area contributed by atoms with Gasteiger partial charge in [-0.15, -0.1) is 0 Å². The number of rotatable bonds is 6. The molecular formula is C23H26FN5O4. The van der Waals surface area contributed by atoms with Gasteiger partial charge < -0.3 is 14.4 Å².